The maximum Gasteiger partial charge on any atom is 0.104 e. The summed E-state index contributed by atoms with van der Waals surface area (Å²) in [6.07, 6.45) is 2.45. The van der Waals surface area contributed by atoms with Crippen LogP contribution in [0.2, 0.25) is 0 Å². The molecule has 0 fully saturated rings. The average Bonchev–Trinajstić information content (AvgIpc) is 2.38. The molecule has 0 aliphatic carbocycles. The molecule has 0 radical (unpaired) electrons. The number of anilines is 2. The number of unbranched alkanes of at least 4 members (excludes halogenated alkanes) is 1. The number of nitrogens with one attached hydrogen (secondary N) is 1. The molecule has 0 saturated carbocycles. The predicted octanol–water partition coefficient (Wildman–Crippen LogP) is 4.61. The third kappa shape index (κ3) is 1.95. The summed E-state index contributed by atoms with van der Waals surface area (Å²) < 4.78 is 0. The van der Waals surface area contributed by atoms with Gasteiger partial charge in [0.05, 0.1) is 0 Å². The molecule has 0 saturated heterocycles. The van der Waals surface area contributed by atoms with E-state index in [4.69, 9.17) is 0 Å². The van der Waals surface area contributed by atoms with Crippen LogP contribution in [0.25, 0.3) is 10.8 Å². The van der Waals surface area contributed by atoms with E-state index in [1.807, 2.05) is 0 Å². The van der Waals surface area contributed by atoms with E-state index in [0.717, 1.165) is 6.54 Å². The van der Waals surface area contributed by atoms with E-state index in [9.17, 15) is 0 Å². The van der Waals surface area contributed by atoms with E-state index in [2.05, 4.69) is 67.4 Å². The first kappa shape index (κ1) is 12.3. The van der Waals surface area contributed by atoms with Crippen molar-refractivity contribution in [1.29, 1.82) is 0 Å². The fourth-order valence-corrected chi connectivity index (χ4v) is 3.06. The lowest BCUT2D eigenvalue weighted by molar-refractivity contribution is 0.505. The second-order valence-electron chi connectivity index (χ2n) is 5.87. The molecule has 2 aromatic carbocycles. The SMILES string of the molecule is CCCCN1c2cccc3cccc(c23)NC1(C)C. The van der Waals surface area contributed by atoms with Crippen molar-refractivity contribution in [1.82, 2.24) is 0 Å². The summed E-state index contributed by atoms with van der Waals surface area (Å²) in [6, 6.07) is 13.1. The van der Waals surface area contributed by atoms with E-state index >= 15 is 0 Å². The minimum atomic E-state index is -0.0300. The van der Waals surface area contributed by atoms with E-state index in [1.54, 1.807) is 0 Å². The third-order valence-electron chi connectivity index (χ3n) is 4.02. The molecule has 0 atom stereocenters. The number of hydrogen-bond donors (Lipinski definition) is 1. The summed E-state index contributed by atoms with van der Waals surface area (Å²) in [5.74, 6) is 0. The van der Waals surface area contributed by atoms with Gasteiger partial charge in [-0.25, -0.2) is 0 Å². The number of hydrogen-bond acceptors (Lipinski definition) is 2. The topological polar surface area (TPSA) is 15.3 Å². The summed E-state index contributed by atoms with van der Waals surface area (Å²) in [6.45, 7) is 7.87. The minimum Gasteiger partial charge on any atom is -0.363 e. The van der Waals surface area contributed by atoms with Crippen molar-refractivity contribution in [2.24, 2.45) is 0 Å². The molecule has 3 rings (SSSR count). The van der Waals surface area contributed by atoms with Gasteiger partial charge in [0.1, 0.15) is 5.66 Å². The summed E-state index contributed by atoms with van der Waals surface area (Å²) in [4.78, 5) is 2.51. The van der Waals surface area contributed by atoms with Gasteiger partial charge in [0.25, 0.3) is 0 Å². The Balaban J connectivity index is 2.18. The van der Waals surface area contributed by atoms with Crippen LogP contribution in [-0.2, 0) is 0 Å². The lowest BCUT2D eigenvalue weighted by Gasteiger charge is -2.46. The Morgan fingerprint density at radius 3 is 2.58 bits per heavy atom. The van der Waals surface area contributed by atoms with Gasteiger partial charge in [0, 0.05) is 23.3 Å². The van der Waals surface area contributed by atoms with Gasteiger partial charge in [-0.15, -0.1) is 0 Å². The quantitative estimate of drug-likeness (QED) is 0.860. The maximum atomic E-state index is 3.69. The van der Waals surface area contributed by atoms with Crippen LogP contribution in [0.5, 0.6) is 0 Å². The van der Waals surface area contributed by atoms with Gasteiger partial charge >= 0.3 is 0 Å². The largest absolute Gasteiger partial charge is 0.363 e. The van der Waals surface area contributed by atoms with Gasteiger partial charge in [-0.1, -0.05) is 37.6 Å². The molecular formula is C17H22N2. The van der Waals surface area contributed by atoms with Crippen molar-refractivity contribution in [3.8, 4) is 0 Å². The van der Waals surface area contributed by atoms with Crippen molar-refractivity contribution in [3.05, 3.63) is 36.4 Å². The highest BCUT2D eigenvalue weighted by Gasteiger charge is 2.32. The van der Waals surface area contributed by atoms with E-state index < -0.39 is 0 Å². The van der Waals surface area contributed by atoms with Gasteiger partial charge in [0.2, 0.25) is 0 Å². The highest BCUT2D eigenvalue weighted by molar-refractivity contribution is 6.05. The van der Waals surface area contributed by atoms with Crippen molar-refractivity contribution in [3.63, 3.8) is 0 Å². The van der Waals surface area contributed by atoms with Gasteiger partial charge in [-0.05, 0) is 37.8 Å². The number of rotatable bonds is 3. The molecule has 2 heteroatoms. The molecule has 0 spiro atoms. The fourth-order valence-electron chi connectivity index (χ4n) is 3.06. The molecule has 1 aliphatic heterocycles. The molecule has 1 heterocycles. The maximum absolute atomic E-state index is 3.69. The third-order valence-corrected chi connectivity index (χ3v) is 4.02. The smallest absolute Gasteiger partial charge is 0.104 e. The van der Waals surface area contributed by atoms with E-state index in [0.29, 0.717) is 0 Å². The first-order chi connectivity index (χ1) is 9.13. The first-order valence-corrected chi connectivity index (χ1v) is 7.21. The van der Waals surface area contributed by atoms with Crippen molar-refractivity contribution in [2.75, 3.05) is 16.8 Å². The van der Waals surface area contributed by atoms with Crippen LogP contribution in [0, 0.1) is 0 Å². The Labute approximate surface area is 115 Å². The summed E-state index contributed by atoms with van der Waals surface area (Å²) in [5.41, 5.74) is 2.59. The molecule has 1 N–H and O–H groups in total. The van der Waals surface area contributed by atoms with Crippen LogP contribution in [0.1, 0.15) is 33.6 Å². The highest BCUT2D eigenvalue weighted by atomic mass is 15.3. The second-order valence-corrected chi connectivity index (χ2v) is 5.87. The normalized spacial score (nSPS) is 16.5. The van der Waals surface area contributed by atoms with Crippen molar-refractivity contribution < 1.29 is 0 Å². The number of nitrogens with zero attached hydrogens (tertiary/aromatic N) is 1. The second kappa shape index (κ2) is 4.44. The van der Waals surface area contributed by atoms with E-state index in [1.165, 1.54) is 35.0 Å². The molecule has 100 valence electrons. The zero-order chi connectivity index (χ0) is 13.5. The summed E-state index contributed by atoms with van der Waals surface area (Å²) >= 11 is 0. The van der Waals surface area contributed by atoms with Crippen LogP contribution in [0.15, 0.2) is 36.4 Å². The Bertz CT molecular complexity index is 596. The zero-order valence-electron chi connectivity index (χ0n) is 12.0. The Hall–Kier alpha value is -1.70. The van der Waals surface area contributed by atoms with Crippen LogP contribution in [-0.4, -0.2) is 12.2 Å². The van der Waals surface area contributed by atoms with Crippen LogP contribution in [0.4, 0.5) is 11.4 Å². The molecule has 19 heavy (non-hydrogen) atoms. The zero-order valence-corrected chi connectivity index (χ0v) is 12.0. The Morgan fingerprint density at radius 1 is 1.11 bits per heavy atom. The van der Waals surface area contributed by atoms with Gasteiger partial charge in [-0.2, -0.15) is 0 Å². The highest BCUT2D eigenvalue weighted by Crippen LogP contribution is 2.41. The Morgan fingerprint density at radius 2 is 1.84 bits per heavy atom. The standard InChI is InChI=1S/C17H22N2/c1-4-5-12-19-15-11-7-9-13-8-6-10-14(16(13)15)18-17(19,2)3/h6-11,18H,4-5,12H2,1-3H3. The summed E-state index contributed by atoms with van der Waals surface area (Å²) in [5, 5.41) is 6.37. The average molecular weight is 254 g/mol. The van der Waals surface area contributed by atoms with Crippen LogP contribution in [0.3, 0.4) is 0 Å². The molecule has 1 aliphatic rings. The number of benzene rings is 2. The minimum absolute atomic E-state index is 0.0300. The van der Waals surface area contributed by atoms with Gasteiger partial charge < -0.3 is 10.2 Å². The monoisotopic (exact) mass is 254 g/mol. The predicted molar refractivity (Wildman–Crippen MR) is 83.9 cm³/mol. The molecule has 0 aromatic heterocycles. The van der Waals surface area contributed by atoms with Gasteiger partial charge in [-0.3, -0.25) is 0 Å². The van der Waals surface area contributed by atoms with Gasteiger partial charge in [0.15, 0.2) is 0 Å². The van der Waals surface area contributed by atoms with Crippen molar-refractivity contribution >= 4 is 22.1 Å². The molecule has 0 unspecified atom stereocenters. The Kier molecular flexibility index (Phi) is 2.89. The van der Waals surface area contributed by atoms with E-state index in [-0.39, 0.29) is 5.66 Å². The summed E-state index contributed by atoms with van der Waals surface area (Å²) in [7, 11) is 0. The molecule has 0 bridgehead atoms. The van der Waals surface area contributed by atoms with Crippen molar-refractivity contribution in [2.45, 2.75) is 39.3 Å². The first-order valence-electron chi connectivity index (χ1n) is 7.21. The fraction of sp³-hybridized carbons (Fsp3) is 0.412. The molecule has 2 nitrogen and oxygen atoms in total. The molecule has 0 amide bonds. The lowest BCUT2D eigenvalue weighted by Crippen LogP contribution is -2.52. The lowest BCUT2D eigenvalue weighted by atomic mass is 9.98. The molecular weight excluding hydrogens is 232 g/mol. The molecule has 2 aromatic rings. The van der Waals surface area contributed by atoms with Crippen LogP contribution < -0.4 is 10.2 Å². The van der Waals surface area contributed by atoms with Crippen LogP contribution >= 0.6 is 0 Å².